The smallest absolute Gasteiger partial charge is 0.290 e. The Morgan fingerprint density at radius 3 is 2.72 bits per heavy atom. The molecule has 0 atom stereocenters. The molecule has 0 aliphatic rings. The zero-order chi connectivity index (χ0) is 13.0. The Bertz CT molecular complexity index is 593. The summed E-state index contributed by atoms with van der Waals surface area (Å²) >= 11 is 0. The van der Waals surface area contributed by atoms with Crippen LogP contribution in [0.2, 0.25) is 0 Å². The molecule has 5 heteroatoms. The van der Waals surface area contributed by atoms with E-state index in [1.165, 1.54) is 0 Å². The molecule has 0 aliphatic carbocycles. The van der Waals surface area contributed by atoms with Crippen molar-refractivity contribution in [2.75, 3.05) is 0 Å². The maximum atomic E-state index is 11.7. The van der Waals surface area contributed by atoms with E-state index in [4.69, 9.17) is 9.78 Å². The highest BCUT2D eigenvalue weighted by Crippen LogP contribution is 2.05. The molecule has 0 saturated carbocycles. The Morgan fingerprint density at radius 2 is 2.17 bits per heavy atom. The lowest BCUT2D eigenvalue weighted by atomic mass is 10.1. The summed E-state index contributed by atoms with van der Waals surface area (Å²) in [7, 11) is 0. The molecule has 1 N–H and O–H groups in total. The van der Waals surface area contributed by atoms with Gasteiger partial charge in [0.2, 0.25) is 5.76 Å². The van der Waals surface area contributed by atoms with Gasteiger partial charge in [-0.2, -0.15) is 5.26 Å². The first-order valence-corrected chi connectivity index (χ1v) is 5.39. The minimum atomic E-state index is -0.306. The van der Waals surface area contributed by atoms with Crippen molar-refractivity contribution in [1.82, 2.24) is 10.5 Å². The van der Waals surface area contributed by atoms with Gasteiger partial charge in [-0.05, 0) is 24.6 Å². The summed E-state index contributed by atoms with van der Waals surface area (Å²) in [6.45, 7) is 2.13. The van der Waals surface area contributed by atoms with Crippen LogP contribution >= 0.6 is 0 Å². The number of hydrogen-bond acceptors (Lipinski definition) is 4. The topological polar surface area (TPSA) is 78.9 Å². The van der Waals surface area contributed by atoms with E-state index in [2.05, 4.69) is 10.5 Å². The van der Waals surface area contributed by atoms with Crippen LogP contribution in [0.4, 0.5) is 0 Å². The summed E-state index contributed by atoms with van der Waals surface area (Å²) in [5.41, 5.74) is 2.17. The number of nitriles is 1. The Hall–Kier alpha value is -2.61. The summed E-state index contributed by atoms with van der Waals surface area (Å²) in [5, 5.41) is 15.0. The Kier molecular flexibility index (Phi) is 3.39. The first kappa shape index (κ1) is 11.9. The molecule has 5 nitrogen and oxygen atoms in total. The van der Waals surface area contributed by atoms with E-state index in [0.29, 0.717) is 17.8 Å². The first-order valence-electron chi connectivity index (χ1n) is 5.39. The fraction of sp³-hybridized carbons (Fsp3) is 0.154. The third-order valence-corrected chi connectivity index (χ3v) is 2.39. The molecule has 0 fully saturated rings. The molecule has 0 spiro atoms. The van der Waals surface area contributed by atoms with Crippen molar-refractivity contribution >= 4 is 5.91 Å². The molecular weight excluding hydrogens is 230 g/mol. The number of amides is 1. The molecule has 0 aliphatic heterocycles. The second kappa shape index (κ2) is 5.15. The molecular formula is C13H11N3O2. The largest absolute Gasteiger partial charge is 0.351 e. The lowest BCUT2D eigenvalue weighted by Crippen LogP contribution is -2.22. The van der Waals surface area contributed by atoms with Crippen molar-refractivity contribution in [1.29, 1.82) is 5.26 Å². The standard InChI is InChI=1S/C13H11N3O2/c1-9-6-12(18-16-9)13(17)15-8-11-4-2-10(7-14)3-5-11/h2-6H,8H2,1H3,(H,15,17). The van der Waals surface area contributed by atoms with Gasteiger partial charge in [0.25, 0.3) is 5.91 Å². The number of nitrogens with one attached hydrogen (secondary N) is 1. The van der Waals surface area contributed by atoms with Crippen LogP contribution in [0, 0.1) is 18.3 Å². The molecule has 1 aromatic carbocycles. The zero-order valence-electron chi connectivity index (χ0n) is 9.80. The van der Waals surface area contributed by atoms with Crippen LogP contribution in [0.1, 0.15) is 27.4 Å². The molecule has 1 heterocycles. The molecule has 0 unspecified atom stereocenters. The summed E-state index contributed by atoms with van der Waals surface area (Å²) in [5.74, 6) is -0.110. The second-order valence-corrected chi connectivity index (χ2v) is 3.82. The average molecular weight is 241 g/mol. The molecule has 1 aromatic heterocycles. The van der Waals surface area contributed by atoms with E-state index in [1.54, 1.807) is 37.3 Å². The average Bonchev–Trinajstić information content (AvgIpc) is 2.83. The van der Waals surface area contributed by atoms with Crippen LogP contribution in [0.15, 0.2) is 34.9 Å². The van der Waals surface area contributed by atoms with E-state index in [9.17, 15) is 4.79 Å². The third-order valence-electron chi connectivity index (χ3n) is 2.39. The van der Waals surface area contributed by atoms with Crippen molar-refractivity contribution in [3.63, 3.8) is 0 Å². The Labute approximate surface area is 104 Å². The van der Waals surface area contributed by atoms with Crippen molar-refractivity contribution in [3.05, 3.63) is 52.9 Å². The number of hydrogen-bond donors (Lipinski definition) is 1. The fourth-order valence-corrected chi connectivity index (χ4v) is 1.44. The van der Waals surface area contributed by atoms with Crippen molar-refractivity contribution in [2.24, 2.45) is 0 Å². The molecule has 2 rings (SSSR count). The van der Waals surface area contributed by atoms with E-state index in [-0.39, 0.29) is 11.7 Å². The van der Waals surface area contributed by atoms with E-state index in [0.717, 1.165) is 5.56 Å². The van der Waals surface area contributed by atoms with Gasteiger partial charge in [-0.1, -0.05) is 17.3 Å². The predicted octanol–water partition coefficient (Wildman–Crippen LogP) is 1.78. The number of carbonyl (C=O) groups is 1. The summed E-state index contributed by atoms with van der Waals surface area (Å²) in [6.07, 6.45) is 0. The molecule has 0 radical (unpaired) electrons. The molecule has 18 heavy (non-hydrogen) atoms. The van der Waals surface area contributed by atoms with E-state index >= 15 is 0 Å². The van der Waals surface area contributed by atoms with Gasteiger partial charge in [-0.3, -0.25) is 4.79 Å². The number of benzene rings is 1. The minimum Gasteiger partial charge on any atom is -0.351 e. The van der Waals surface area contributed by atoms with Crippen LogP contribution in [-0.2, 0) is 6.54 Å². The van der Waals surface area contributed by atoms with Gasteiger partial charge in [0.1, 0.15) is 0 Å². The van der Waals surface area contributed by atoms with Crippen molar-refractivity contribution < 1.29 is 9.32 Å². The van der Waals surface area contributed by atoms with Crippen LogP contribution in [0.5, 0.6) is 0 Å². The van der Waals surface area contributed by atoms with E-state index in [1.807, 2.05) is 6.07 Å². The molecule has 90 valence electrons. The molecule has 1 amide bonds. The maximum absolute atomic E-state index is 11.7. The fourth-order valence-electron chi connectivity index (χ4n) is 1.44. The zero-order valence-corrected chi connectivity index (χ0v) is 9.80. The molecule has 0 saturated heterocycles. The molecule has 2 aromatic rings. The summed E-state index contributed by atoms with van der Waals surface area (Å²) in [4.78, 5) is 11.7. The Balaban J connectivity index is 1.95. The minimum absolute atomic E-state index is 0.196. The highest BCUT2D eigenvalue weighted by molar-refractivity contribution is 5.91. The number of nitrogens with zero attached hydrogens (tertiary/aromatic N) is 2. The number of carbonyl (C=O) groups excluding carboxylic acids is 1. The van der Waals surface area contributed by atoms with Gasteiger partial charge in [0.05, 0.1) is 17.3 Å². The summed E-state index contributed by atoms with van der Waals surface area (Å²) in [6, 6.07) is 10.6. The van der Waals surface area contributed by atoms with Gasteiger partial charge < -0.3 is 9.84 Å². The Morgan fingerprint density at radius 1 is 1.44 bits per heavy atom. The van der Waals surface area contributed by atoms with Gasteiger partial charge in [-0.25, -0.2) is 0 Å². The van der Waals surface area contributed by atoms with Gasteiger partial charge in [0, 0.05) is 12.6 Å². The SMILES string of the molecule is Cc1cc(C(=O)NCc2ccc(C#N)cc2)on1. The summed E-state index contributed by atoms with van der Waals surface area (Å²) < 4.78 is 4.85. The second-order valence-electron chi connectivity index (χ2n) is 3.82. The van der Waals surface area contributed by atoms with Crippen LogP contribution in [0.3, 0.4) is 0 Å². The van der Waals surface area contributed by atoms with Crippen molar-refractivity contribution in [2.45, 2.75) is 13.5 Å². The van der Waals surface area contributed by atoms with Crippen LogP contribution in [-0.4, -0.2) is 11.1 Å². The first-order chi connectivity index (χ1) is 8.69. The lowest BCUT2D eigenvalue weighted by molar-refractivity contribution is 0.0914. The third kappa shape index (κ3) is 2.74. The number of rotatable bonds is 3. The maximum Gasteiger partial charge on any atom is 0.290 e. The van der Waals surface area contributed by atoms with Crippen LogP contribution < -0.4 is 5.32 Å². The normalized spacial score (nSPS) is 9.78. The van der Waals surface area contributed by atoms with Crippen LogP contribution in [0.25, 0.3) is 0 Å². The highest BCUT2D eigenvalue weighted by atomic mass is 16.5. The van der Waals surface area contributed by atoms with Gasteiger partial charge in [0.15, 0.2) is 0 Å². The number of aromatic nitrogens is 1. The van der Waals surface area contributed by atoms with Crippen molar-refractivity contribution in [3.8, 4) is 6.07 Å². The van der Waals surface area contributed by atoms with Gasteiger partial charge >= 0.3 is 0 Å². The quantitative estimate of drug-likeness (QED) is 0.888. The molecule has 0 bridgehead atoms. The lowest BCUT2D eigenvalue weighted by Gasteiger charge is -2.02. The monoisotopic (exact) mass is 241 g/mol. The number of aryl methyl sites for hydroxylation is 1. The predicted molar refractivity (Wildman–Crippen MR) is 63.6 cm³/mol. The van der Waals surface area contributed by atoms with E-state index < -0.39 is 0 Å². The highest BCUT2D eigenvalue weighted by Gasteiger charge is 2.10. The van der Waals surface area contributed by atoms with Gasteiger partial charge in [-0.15, -0.1) is 0 Å².